The number of hydrogen-bond donors (Lipinski definition) is 1. The van der Waals surface area contributed by atoms with Crippen LogP contribution in [0.3, 0.4) is 0 Å². The van der Waals surface area contributed by atoms with E-state index in [4.69, 9.17) is 5.11 Å². The quantitative estimate of drug-likeness (QED) is 0.683. The molecule has 4 rings (SSSR count). The zero-order chi connectivity index (χ0) is 20.5. The Morgan fingerprint density at radius 3 is 2.83 bits per heavy atom. The smallest absolute Gasteiger partial charge is 0.387 e. The molecule has 2 aromatic heterocycles. The van der Waals surface area contributed by atoms with Crippen molar-refractivity contribution in [2.75, 3.05) is 0 Å². The van der Waals surface area contributed by atoms with E-state index in [1.165, 1.54) is 6.07 Å². The molecule has 0 fully saturated rings. The maximum Gasteiger partial charge on any atom is 0.387 e. The molecule has 0 aliphatic carbocycles. The molecule has 29 heavy (non-hydrogen) atoms. The molecule has 6 nitrogen and oxygen atoms in total. The van der Waals surface area contributed by atoms with E-state index in [0.717, 1.165) is 28.3 Å². The summed E-state index contributed by atoms with van der Waals surface area (Å²) in [5.74, 6) is -0.784. The van der Waals surface area contributed by atoms with Gasteiger partial charge < -0.3 is 14.2 Å². The van der Waals surface area contributed by atoms with Crippen LogP contribution in [0.15, 0.2) is 47.6 Å². The predicted molar refractivity (Wildman–Crippen MR) is 103 cm³/mol. The van der Waals surface area contributed by atoms with Crippen molar-refractivity contribution in [3.63, 3.8) is 0 Å². The highest BCUT2D eigenvalue weighted by molar-refractivity contribution is 6.03. The molecule has 0 unspecified atom stereocenters. The number of carbonyl (C=O) groups is 1. The van der Waals surface area contributed by atoms with E-state index in [9.17, 15) is 13.6 Å². The highest BCUT2D eigenvalue weighted by Gasteiger charge is 2.25. The first-order valence-corrected chi connectivity index (χ1v) is 9.22. The van der Waals surface area contributed by atoms with Crippen LogP contribution in [0.5, 0.6) is 5.75 Å². The van der Waals surface area contributed by atoms with E-state index in [0.29, 0.717) is 24.8 Å². The molecule has 0 bridgehead atoms. The topological polar surface area (TPSA) is 76.2 Å². The van der Waals surface area contributed by atoms with Crippen molar-refractivity contribution in [1.29, 1.82) is 0 Å². The van der Waals surface area contributed by atoms with Crippen molar-refractivity contribution in [2.45, 2.75) is 38.8 Å². The zero-order valence-electron chi connectivity index (χ0n) is 15.7. The second-order valence-corrected chi connectivity index (χ2v) is 6.92. The van der Waals surface area contributed by atoms with Crippen LogP contribution in [-0.2, 0) is 11.2 Å². The summed E-state index contributed by atoms with van der Waals surface area (Å²) in [5.41, 5.74) is 4.57. The largest absolute Gasteiger partial charge is 0.480 e. The number of hydrogen-bond acceptors (Lipinski definition) is 4. The van der Waals surface area contributed by atoms with E-state index in [1.807, 2.05) is 29.7 Å². The van der Waals surface area contributed by atoms with Gasteiger partial charge in [0.2, 0.25) is 0 Å². The average molecular weight is 399 g/mol. The molecule has 0 amide bonds. The van der Waals surface area contributed by atoms with E-state index in [-0.39, 0.29) is 5.75 Å². The van der Waals surface area contributed by atoms with Gasteiger partial charge in [-0.1, -0.05) is 18.2 Å². The van der Waals surface area contributed by atoms with Gasteiger partial charge in [-0.15, -0.1) is 0 Å². The number of aromatic nitrogens is 2. The standard InChI is InChI=1S/C21H19F2N3O3/c1-12-17(10-13-4-2-3-5-18(13)29-21(22)23)26-11-14(6-9-19(26)24-12)15-7-8-16(25-15)20(27)28/h2-6,9,11,16,21H,7-8,10H2,1H3,(H,27,28)/t16-/m0/s1. The Balaban J connectivity index is 1.72. The van der Waals surface area contributed by atoms with Gasteiger partial charge in [0.05, 0.1) is 5.69 Å². The Bertz CT molecular complexity index is 1110. The fraction of sp³-hybridized carbons (Fsp3) is 0.286. The summed E-state index contributed by atoms with van der Waals surface area (Å²) in [6.07, 6.45) is 3.32. The number of fused-ring (bicyclic) bond motifs is 1. The first-order chi connectivity index (χ1) is 13.9. The van der Waals surface area contributed by atoms with Crippen LogP contribution < -0.4 is 4.74 Å². The number of aryl methyl sites for hydroxylation is 1. The van der Waals surface area contributed by atoms with Crippen LogP contribution >= 0.6 is 0 Å². The molecule has 1 aromatic carbocycles. The number of carboxylic acids is 1. The van der Waals surface area contributed by atoms with Crippen LogP contribution in [0, 0.1) is 6.92 Å². The number of aliphatic imine (C=N–C) groups is 1. The molecule has 0 spiro atoms. The Kier molecular flexibility index (Phi) is 5.00. The molecule has 1 aliphatic rings. The molecule has 0 radical (unpaired) electrons. The normalized spacial score (nSPS) is 16.4. The number of imidazole rings is 1. The van der Waals surface area contributed by atoms with Crippen molar-refractivity contribution >= 4 is 17.3 Å². The predicted octanol–water partition coefficient (Wildman–Crippen LogP) is 3.87. The van der Waals surface area contributed by atoms with Crippen molar-refractivity contribution in [2.24, 2.45) is 4.99 Å². The molecule has 3 aromatic rings. The fourth-order valence-corrected chi connectivity index (χ4v) is 3.62. The molecule has 8 heteroatoms. The molecule has 1 atom stereocenters. The molecular weight excluding hydrogens is 380 g/mol. The highest BCUT2D eigenvalue weighted by Crippen LogP contribution is 2.26. The lowest BCUT2D eigenvalue weighted by Crippen LogP contribution is -2.13. The third kappa shape index (κ3) is 3.83. The third-order valence-electron chi connectivity index (χ3n) is 5.05. The number of carboxylic acid groups (broad SMARTS) is 1. The number of para-hydroxylation sites is 1. The van der Waals surface area contributed by atoms with Gasteiger partial charge in [-0.3, -0.25) is 4.99 Å². The summed E-state index contributed by atoms with van der Waals surface area (Å²) < 4.78 is 32.0. The molecule has 150 valence electrons. The third-order valence-corrected chi connectivity index (χ3v) is 5.05. The van der Waals surface area contributed by atoms with Gasteiger partial charge in [-0.25, -0.2) is 9.78 Å². The van der Waals surface area contributed by atoms with E-state index in [1.54, 1.807) is 18.2 Å². The highest BCUT2D eigenvalue weighted by atomic mass is 19.3. The number of aliphatic carboxylic acids is 1. The lowest BCUT2D eigenvalue weighted by molar-refractivity contribution is -0.138. The summed E-state index contributed by atoms with van der Waals surface area (Å²) in [7, 11) is 0. The molecule has 3 heterocycles. The Labute approximate surface area is 165 Å². The van der Waals surface area contributed by atoms with Gasteiger partial charge in [0.25, 0.3) is 0 Å². The lowest BCUT2D eigenvalue weighted by atomic mass is 10.1. The minimum absolute atomic E-state index is 0.137. The average Bonchev–Trinajstić information content (AvgIpc) is 3.28. The number of alkyl halides is 2. The van der Waals surface area contributed by atoms with Gasteiger partial charge in [0.1, 0.15) is 17.4 Å². The van der Waals surface area contributed by atoms with Crippen molar-refractivity contribution in [3.8, 4) is 5.75 Å². The second-order valence-electron chi connectivity index (χ2n) is 6.92. The lowest BCUT2D eigenvalue weighted by Gasteiger charge is -2.11. The Hall–Kier alpha value is -3.29. The first kappa shape index (κ1) is 19.0. The summed E-state index contributed by atoms with van der Waals surface area (Å²) in [4.78, 5) is 20.0. The fourth-order valence-electron chi connectivity index (χ4n) is 3.62. The number of benzene rings is 1. The monoisotopic (exact) mass is 399 g/mol. The van der Waals surface area contributed by atoms with E-state index in [2.05, 4.69) is 14.7 Å². The number of rotatable bonds is 6. The Morgan fingerprint density at radius 2 is 2.10 bits per heavy atom. The molecule has 1 aliphatic heterocycles. The minimum Gasteiger partial charge on any atom is -0.480 e. The van der Waals surface area contributed by atoms with Gasteiger partial charge in [0, 0.05) is 35.2 Å². The van der Waals surface area contributed by atoms with Gasteiger partial charge in [0.15, 0.2) is 0 Å². The first-order valence-electron chi connectivity index (χ1n) is 9.22. The van der Waals surface area contributed by atoms with Crippen molar-refractivity contribution in [1.82, 2.24) is 9.38 Å². The van der Waals surface area contributed by atoms with Crippen molar-refractivity contribution in [3.05, 3.63) is 65.1 Å². The van der Waals surface area contributed by atoms with Crippen LogP contribution in [-0.4, -0.2) is 38.8 Å². The molecule has 1 N–H and O–H groups in total. The SMILES string of the molecule is Cc1nc2ccc(C3=N[C@H](C(=O)O)CC3)cn2c1Cc1ccccc1OC(F)F. The summed E-state index contributed by atoms with van der Waals surface area (Å²) in [6, 6.07) is 9.72. The number of pyridine rings is 1. The number of halogens is 2. The summed E-state index contributed by atoms with van der Waals surface area (Å²) >= 11 is 0. The Morgan fingerprint density at radius 1 is 1.31 bits per heavy atom. The number of nitrogens with zero attached hydrogens (tertiary/aromatic N) is 3. The van der Waals surface area contributed by atoms with E-state index < -0.39 is 18.6 Å². The maximum atomic E-state index is 12.7. The van der Waals surface area contributed by atoms with Crippen LogP contribution in [0.25, 0.3) is 5.65 Å². The summed E-state index contributed by atoms with van der Waals surface area (Å²) in [6.45, 7) is -1.03. The van der Waals surface area contributed by atoms with Gasteiger partial charge in [-0.05, 0) is 38.0 Å². The number of ether oxygens (including phenoxy) is 1. The zero-order valence-corrected chi connectivity index (χ0v) is 15.7. The van der Waals surface area contributed by atoms with Gasteiger partial charge >= 0.3 is 12.6 Å². The second kappa shape index (κ2) is 7.62. The molecular formula is C21H19F2N3O3. The van der Waals surface area contributed by atoms with E-state index >= 15 is 0 Å². The minimum atomic E-state index is -2.89. The van der Waals surface area contributed by atoms with Gasteiger partial charge in [-0.2, -0.15) is 8.78 Å². The summed E-state index contributed by atoms with van der Waals surface area (Å²) in [5, 5.41) is 9.16. The van der Waals surface area contributed by atoms with Crippen LogP contribution in [0.4, 0.5) is 8.78 Å². The maximum absolute atomic E-state index is 12.7. The molecule has 0 saturated carbocycles. The van der Waals surface area contributed by atoms with Crippen LogP contribution in [0.2, 0.25) is 0 Å². The van der Waals surface area contributed by atoms with Crippen LogP contribution in [0.1, 0.15) is 35.4 Å². The van der Waals surface area contributed by atoms with Crippen molar-refractivity contribution < 1.29 is 23.4 Å². The molecule has 0 saturated heterocycles.